The number of nitrogens with zero attached hydrogens (tertiary/aromatic N) is 1. The first-order chi connectivity index (χ1) is 9.65. The quantitative estimate of drug-likeness (QED) is 0.886. The molecule has 1 fully saturated rings. The molecule has 0 aromatic heterocycles. The maximum absolute atomic E-state index is 5.28. The molecule has 4 heteroatoms. The van der Waals surface area contributed by atoms with Gasteiger partial charge >= 0.3 is 0 Å². The Morgan fingerprint density at radius 2 is 2.10 bits per heavy atom. The summed E-state index contributed by atoms with van der Waals surface area (Å²) in [6.07, 6.45) is 2.44. The van der Waals surface area contributed by atoms with Gasteiger partial charge in [-0.25, -0.2) is 0 Å². The molecule has 0 spiro atoms. The second kappa shape index (κ2) is 7.43. The molecule has 1 N–H and O–H groups in total. The van der Waals surface area contributed by atoms with E-state index >= 15 is 0 Å². The minimum Gasteiger partial charge on any atom is -0.384 e. The first-order valence-corrected chi connectivity index (χ1v) is 8.15. The summed E-state index contributed by atoms with van der Waals surface area (Å²) in [4.78, 5) is 2.52. The van der Waals surface area contributed by atoms with E-state index in [9.17, 15) is 0 Å². The number of hydrogen-bond donors (Lipinski definition) is 1. The van der Waals surface area contributed by atoms with Gasteiger partial charge in [0.15, 0.2) is 0 Å². The fraction of sp³-hybridized carbons (Fsp3) is 0.625. The van der Waals surface area contributed by atoms with Crippen molar-refractivity contribution in [1.82, 2.24) is 5.32 Å². The number of benzene rings is 1. The van der Waals surface area contributed by atoms with E-state index in [-0.39, 0.29) is 0 Å². The molecule has 1 saturated heterocycles. The average Bonchev–Trinajstić information content (AvgIpc) is 2.47. The zero-order chi connectivity index (χ0) is 14.5. The van der Waals surface area contributed by atoms with Crippen molar-refractivity contribution in [2.75, 3.05) is 38.8 Å². The van der Waals surface area contributed by atoms with Crippen molar-refractivity contribution in [3.05, 3.63) is 28.2 Å². The SMILES string of the molecule is CNC(C)c1cc(Br)ccc1N1CCC(COC)CC1. The van der Waals surface area contributed by atoms with Gasteiger partial charge in [-0.05, 0) is 56.5 Å². The molecule has 1 aromatic rings. The van der Waals surface area contributed by atoms with Gasteiger partial charge in [-0.2, -0.15) is 0 Å². The van der Waals surface area contributed by atoms with Crippen LogP contribution in [-0.2, 0) is 4.74 Å². The average molecular weight is 341 g/mol. The lowest BCUT2D eigenvalue weighted by molar-refractivity contribution is 0.139. The van der Waals surface area contributed by atoms with Gasteiger partial charge in [-0.3, -0.25) is 0 Å². The van der Waals surface area contributed by atoms with E-state index in [1.54, 1.807) is 7.11 Å². The lowest BCUT2D eigenvalue weighted by atomic mass is 9.96. The molecule has 1 aromatic carbocycles. The molecule has 0 bridgehead atoms. The van der Waals surface area contributed by atoms with Crippen LogP contribution in [-0.4, -0.2) is 33.9 Å². The van der Waals surface area contributed by atoms with Crippen LogP contribution in [0.2, 0.25) is 0 Å². The highest BCUT2D eigenvalue weighted by molar-refractivity contribution is 9.10. The van der Waals surface area contributed by atoms with Gasteiger partial charge in [0.1, 0.15) is 0 Å². The van der Waals surface area contributed by atoms with Crippen LogP contribution in [0.25, 0.3) is 0 Å². The maximum Gasteiger partial charge on any atom is 0.0491 e. The van der Waals surface area contributed by atoms with E-state index in [2.05, 4.69) is 51.3 Å². The summed E-state index contributed by atoms with van der Waals surface area (Å²) in [7, 11) is 3.81. The van der Waals surface area contributed by atoms with Crippen molar-refractivity contribution in [2.24, 2.45) is 5.92 Å². The number of halogens is 1. The number of nitrogens with one attached hydrogen (secondary N) is 1. The van der Waals surface area contributed by atoms with Gasteiger partial charge in [0.25, 0.3) is 0 Å². The van der Waals surface area contributed by atoms with Crippen LogP contribution in [0.4, 0.5) is 5.69 Å². The molecule has 0 radical (unpaired) electrons. The topological polar surface area (TPSA) is 24.5 Å². The summed E-state index contributed by atoms with van der Waals surface area (Å²) in [5, 5.41) is 3.35. The summed E-state index contributed by atoms with van der Waals surface area (Å²) in [5.74, 6) is 0.719. The maximum atomic E-state index is 5.28. The number of anilines is 1. The highest BCUT2D eigenvalue weighted by Gasteiger charge is 2.22. The Balaban J connectivity index is 2.13. The normalized spacial score (nSPS) is 18.3. The molecule has 2 rings (SSSR count). The summed E-state index contributed by atoms with van der Waals surface area (Å²) in [5.41, 5.74) is 2.73. The van der Waals surface area contributed by atoms with Gasteiger partial charge < -0.3 is 15.0 Å². The van der Waals surface area contributed by atoms with Crippen LogP contribution < -0.4 is 10.2 Å². The minimum atomic E-state index is 0.360. The molecule has 20 heavy (non-hydrogen) atoms. The summed E-state index contributed by atoms with van der Waals surface area (Å²) >= 11 is 3.59. The molecule has 0 amide bonds. The Bertz CT molecular complexity index is 430. The highest BCUT2D eigenvalue weighted by atomic mass is 79.9. The van der Waals surface area contributed by atoms with Crippen LogP contribution in [0.5, 0.6) is 0 Å². The van der Waals surface area contributed by atoms with Crippen molar-refractivity contribution in [2.45, 2.75) is 25.8 Å². The molecule has 1 aliphatic rings. The monoisotopic (exact) mass is 340 g/mol. The van der Waals surface area contributed by atoms with E-state index in [4.69, 9.17) is 4.74 Å². The molecule has 1 atom stereocenters. The Kier molecular flexibility index (Phi) is 5.87. The predicted octanol–water partition coefficient (Wildman–Crippen LogP) is 3.59. The first kappa shape index (κ1) is 15.8. The van der Waals surface area contributed by atoms with Crippen LogP contribution in [0, 0.1) is 5.92 Å². The Labute approximate surface area is 130 Å². The third-order valence-corrected chi connectivity index (χ3v) is 4.74. The van der Waals surface area contributed by atoms with Crippen LogP contribution in [0.1, 0.15) is 31.4 Å². The van der Waals surface area contributed by atoms with Crippen molar-refractivity contribution in [1.29, 1.82) is 0 Å². The molecule has 3 nitrogen and oxygen atoms in total. The first-order valence-electron chi connectivity index (χ1n) is 7.36. The second-order valence-electron chi connectivity index (χ2n) is 5.60. The van der Waals surface area contributed by atoms with Crippen molar-refractivity contribution in [3.63, 3.8) is 0 Å². The molecule has 112 valence electrons. The highest BCUT2D eigenvalue weighted by Crippen LogP contribution is 2.32. The van der Waals surface area contributed by atoms with Gasteiger partial charge in [-0.15, -0.1) is 0 Å². The molecule has 1 aliphatic heterocycles. The number of hydrogen-bond acceptors (Lipinski definition) is 3. The fourth-order valence-corrected chi connectivity index (χ4v) is 3.27. The number of piperidine rings is 1. The Morgan fingerprint density at radius 3 is 2.70 bits per heavy atom. The Morgan fingerprint density at radius 1 is 1.40 bits per heavy atom. The smallest absolute Gasteiger partial charge is 0.0491 e. The van der Waals surface area contributed by atoms with E-state index in [0.717, 1.165) is 30.1 Å². The lowest BCUT2D eigenvalue weighted by Gasteiger charge is -2.35. The van der Waals surface area contributed by atoms with Crippen LogP contribution >= 0.6 is 15.9 Å². The van der Waals surface area contributed by atoms with Crippen LogP contribution in [0.15, 0.2) is 22.7 Å². The minimum absolute atomic E-state index is 0.360. The van der Waals surface area contributed by atoms with Gasteiger partial charge in [0.2, 0.25) is 0 Å². The third kappa shape index (κ3) is 3.74. The van der Waals surface area contributed by atoms with Crippen LogP contribution in [0.3, 0.4) is 0 Å². The van der Waals surface area contributed by atoms with E-state index < -0.39 is 0 Å². The standard InChI is InChI=1S/C16H25BrN2O/c1-12(18-2)15-10-14(17)4-5-16(15)19-8-6-13(7-9-19)11-20-3/h4-5,10,12-13,18H,6-9,11H2,1-3H3. The number of rotatable bonds is 5. The van der Waals surface area contributed by atoms with E-state index in [1.807, 2.05) is 7.05 Å². The number of ether oxygens (including phenoxy) is 1. The molecule has 0 saturated carbocycles. The summed E-state index contributed by atoms with van der Waals surface area (Å²) in [6, 6.07) is 6.98. The molecular formula is C16H25BrN2O. The predicted molar refractivity (Wildman–Crippen MR) is 88.4 cm³/mol. The van der Waals surface area contributed by atoms with Gasteiger partial charge in [0.05, 0.1) is 0 Å². The summed E-state index contributed by atoms with van der Waals surface area (Å²) in [6.45, 7) is 5.36. The van der Waals surface area contributed by atoms with E-state index in [0.29, 0.717) is 6.04 Å². The third-order valence-electron chi connectivity index (χ3n) is 4.25. The summed E-state index contributed by atoms with van der Waals surface area (Å²) < 4.78 is 6.43. The van der Waals surface area contributed by atoms with E-state index in [1.165, 1.54) is 24.1 Å². The Hall–Kier alpha value is -0.580. The zero-order valence-corrected chi connectivity index (χ0v) is 14.2. The van der Waals surface area contributed by atoms with Crippen molar-refractivity contribution in [3.8, 4) is 0 Å². The molecule has 1 heterocycles. The number of methoxy groups -OCH3 is 1. The van der Waals surface area contributed by atoms with Gasteiger partial charge in [0, 0.05) is 43.0 Å². The fourth-order valence-electron chi connectivity index (χ4n) is 2.89. The zero-order valence-electron chi connectivity index (χ0n) is 12.7. The lowest BCUT2D eigenvalue weighted by Crippen LogP contribution is -2.36. The largest absolute Gasteiger partial charge is 0.384 e. The molecular weight excluding hydrogens is 316 g/mol. The second-order valence-corrected chi connectivity index (χ2v) is 6.51. The van der Waals surface area contributed by atoms with Crippen molar-refractivity contribution >= 4 is 21.6 Å². The molecule has 0 aliphatic carbocycles. The molecule has 1 unspecified atom stereocenters. The van der Waals surface area contributed by atoms with Crippen molar-refractivity contribution < 1.29 is 4.74 Å². The van der Waals surface area contributed by atoms with Gasteiger partial charge in [-0.1, -0.05) is 15.9 Å².